The molecule has 1 N–H and O–H groups in total. The van der Waals surface area contributed by atoms with Crippen molar-refractivity contribution < 1.29 is 28.5 Å². The monoisotopic (exact) mass is 645 g/mol. The average Bonchev–Trinajstić information content (AvgIpc) is 3.61. The van der Waals surface area contributed by atoms with E-state index in [0.29, 0.717) is 53.1 Å². The van der Waals surface area contributed by atoms with Gasteiger partial charge < -0.3 is 23.9 Å². The van der Waals surface area contributed by atoms with Crippen molar-refractivity contribution in [2.75, 3.05) is 32.9 Å². The molecule has 11 heteroatoms. The Kier molecular flexibility index (Phi) is 8.13. The second-order valence-corrected chi connectivity index (χ2v) is 14.2. The molecule has 0 saturated carbocycles. The van der Waals surface area contributed by atoms with Gasteiger partial charge in [0.05, 0.1) is 49.4 Å². The summed E-state index contributed by atoms with van der Waals surface area (Å²) in [6.45, 7) is 13.4. The van der Waals surface area contributed by atoms with E-state index in [9.17, 15) is 9.90 Å². The summed E-state index contributed by atoms with van der Waals surface area (Å²) in [7, 11) is 1.96. The first-order valence-electron chi connectivity index (χ1n) is 16.6. The van der Waals surface area contributed by atoms with E-state index in [-0.39, 0.29) is 5.75 Å². The maximum absolute atomic E-state index is 15.8. The smallest absolute Gasteiger partial charge is 0.337 e. The summed E-state index contributed by atoms with van der Waals surface area (Å²) in [5.74, 6) is -1.29. The van der Waals surface area contributed by atoms with Crippen molar-refractivity contribution in [3.8, 4) is 28.1 Å². The topological polar surface area (TPSA) is 104 Å². The number of aromatic nitrogens is 4. The summed E-state index contributed by atoms with van der Waals surface area (Å²) >= 11 is 0. The Morgan fingerprint density at radius 2 is 1.89 bits per heavy atom. The van der Waals surface area contributed by atoms with Gasteiger partial charge in [-0.25, -0.2) is 14.2 Å². The number of hydrogen-bond acceptors (Lipinski definition) is 7. The highest BCUT2D eigenvalue weighted by atomic mass is 19.1. The highest BCUT2D eigenvalue weighted by Gasteiger charge is 2.35. The molecule has 3 aliphatic heterocycles. The summed E-state index contributed by atoms with van der Waals surface area (Å²) in [4.78, 5) is 20.4. The summed E-state index contributed by atoms with van der Waals surface area (Å²) in [6, 6.07) is 4.38. The fraction of sp³-hybridized carbons (Fsp3) is 0.528. The quantitative estimate of drug-likeness (QED) is 0.255. The van der Waals surface area contributed by atoms with Gasteiger partial charge in [-0.3, -0.25) is 9.58 Å². The van der Waals surface area contributed by atoms with E-state index in [4.69, 9.17) is 24.3 Å². The zero-order valence-corrected chi connectivity index (χ0v) is 28.1. The van der Waals surface area contributed by atoms with Gasteiger partial charge in [-0.2, -0.15) is 5.10 Å². The number of piperidine rings is 1. The molecule has 6 heterocycles. The van der Waals surface area contributed by atoms with Crippen LogP contribution in [0.4, 0.5) is 4.39 Å². The van der Waals surface area contributed by atoms with Gasteiger partial charge in [-0.1, -0.05) is 0 Å². The maximum atomic E-state index is 15.8. The van der Waals surface area contributed by atoms with Crippen molar-refractivity contribution in [2.45, 2.75) is 84.1 Å². The van der Waals surface area contributed by atoms with Crippen LogP contribution < -0.4 is 4.74 Å². The zero-order valence-electron chi connectivity index (χ0n) is 28.1. The van der Waals surface area contributed by atoms with Crippen molar-refractivity contribution in [3.05, 3.63) is 52.7 Å². The Morgan fingerprint density at radius 3 is 2.55 bits per heavy atom. The van der Waals surface area contributed by atoms with Crippen molar-refractivity contribution in [2.24, 2.45) is 7.05 Å². The molecule has 1 aromatic carbocycles. The van der Waals surface area contributed by atoms with Crippen LogP contribution >= 0.6 is 0 Å². The lowest BCUT2D eigenvalue weighted by Crippen LogP contribution is -2.51. The summed E-state index contributed by atoms with van der Waals surface area (Å²) in [6.07, 6.45) is 6.18. The van der Waals surface area contributed by atoms with Crippen molar-refractivity contribution >= 4 is 17.0 Å². The van der Waals surface area contributed by atoms with E-state index in [1.807, 2.05) is 51.6 Å². The van der Waals surface area contributed by atoms with Crippen LogP contribution in [0.1, 0.15) is 74.6 Å². The number of halogens is 1. The van der Waals surface area contributed by atoms with Crippen LogP contribution in [0.15, 0.2) is 24.5 Å². The number of nitrogens with zero attached hydrogens (tertiary/aromatic N) is 5. The number of ether oxygens (including phenoxy) is 3. The van der Waals surface area contributed by atoms with Gasteiger partial charge in [0.15, 0.2) is 17.7 Å². The van der Waals surface area contributed by atoms with Crippen LogP contribution in [0.5, 0.6) is 5.75 Å². The molecule has 2 saturated heterocycles. The molecule has 4 aromatic rings. The third kappa shape index (κ3) is 5.72. The number of pyridine rings is 1. The first kappa shape index (κ1) is 31.8. The largest absolute Gasteiger partial charge is 0.490 e. The molecule has 3 aromatic heterocycles. The minimum absolute atomic E-state index is 0.287. The Balaban J connectivity index is 1.37. The van der Waals surface area contributed by atoms with E-state index in [0.717, 1.165) is 73.3 Å². The normalized spacial score (nSPS) is 18.6. The molecule has 0 amide bonds. The van der Waals surface area contributed by atoms with Crippen molar-refractivity contribution in [1.29, 1.82) is 0 Å². The van der Waals surface area contributed by atoms with Gasteiger partial charge in [0.2, 0.25) is 0 Å². The molecule has 10 nitrogen and oxygen atoms in total. The van der Waals surface area contributed by atoms with Crippen molar-refractivity contribution in [1.82, 2.24) is 24.2 Å². The Labute approximate surface area is 274 Å². The molecule has 3 aliphatic rings. The molecule has 7 rings (SSSR count). The van der Waals surface area contributed by atoms with Gasteiger partial charge >= 0.3 is 5.97 Å². The number of fused-ring (bicyclic) bond motifs is 2. The highest BCUT2D eigenvalue weighted by molar-refractivity contribution is 6.01. The number of carboxylic acid groups (broad SMARTS) is 1. The maximum Gasteiger partial charge on any atom is 0.337 e. The Hall–Kier alpha value is -3.80. The molecule has 0 radical (unpaired) electrons. The number of rotatable bonds is 7. The fourth-order valence-corrected chi connectivity index (χ4v) is 7.47. The highest BCUT2D eigenvalue weighted by Crippen LogP contribution is 2.45. The minimum atomic E-state index is -1.32. The number of carbonyl (C=O) groups is 1. The summed E-state index contributed by atoms with van der Waals surface area (Å²) in [5, 5.41) is 16.1. The zero-order chi connectivity index (χ0) is 33.2. The summed E-state index contributed by atoms with van der Waals surface area (Å²) in [5.41, 5.74) is 5.62. The lowest BCUT2D eigenvalue weighted by atomic mass is 9.86. The van der Waals surface area contributed by atoms with E-state index in [2.05, 4.69) is 15.8 Å². The molecule has 1 atom stereocenters. The first-order chi connectivity index (χ1) is 22.4. The van der Waals surface area contributed by atoms with Gasteiger partial charge in [0.25, 0.3) is 0 Å². The Morgan fingerprint density at radius 1 is 1.15 bits per heavy atom. The molecule has 2 fully saturated rings. The number of hydrogen-bond donors (Lipinski definition) is 1. The molecule has 0 spiro atoms. The van der Waals surface area contributed by atoms with Gasteiger partial charge in [0, 0.05) is 59.7 Å². The average molecular weight is 646 g/mol. The van der Waals surface area contributed by atoms with E-state index < -0.39 is 23.5 Å². The van der Waals surface area contributed by atoms with E-state index >= 15 is 4.39 Å². The molecule has 1 unspecified atom stereocenters. The Bertz CT molecular complexity index is 1840. The van der Waals surface area contributed by atoms with Crippen LogP contribution in [0, 0.1) is 19.7 Å². The van der Waals surface area contributed by atoms with E-state index in [1.54, 1.807) is 6.92 Å². The number of aryl methyl sites for hydroxylation is 2. The molecule has 0 aliphatic carbocycles. The van der Waals surface area contributed by atoms with Crippen LogP contribution in [0.2, 0.25) is 0 Å². The second-order valence-electron chi connectivity index (χ2n) is 14.2. The van der Waals surface area contributed by atoms with Crippen LogP contribution in [-0.4, -0.2) is 79.9 Å². The van der Waals surface area contributed by atoms with Crippen LogP contribution in [0.25, 0.3) is 33.4 Å². The standard InChI is InChI=1S/C36H44FN5O5/c1-20-25-8-7-13-46-32(25)28(37)14-26(20)31-27-15-29(22-16-38-42(17-22)23-9-11-41(12-10-23)24-18-45-19-24)40(6)34(27)39-21(2)30(31)33(35(43)44)47-36(3,4)5/h14-17,23-24,33H,7-13,18-19H2,1-6H3,(H,43,44). The minimum Gasteiger partial charge on any atom is -0.490 e. The second kappa shape index (κ2) is 12.0. The third-order valence-electron chi connectivity index (χ3n) is 9.97. The molecular weight excluding hydrogens is 601 g/mol. The van der Waals surface area contributed by atoms with Gasteiger partial charge in [-0.15, -0.1) is 0 Å². The summed E-state index contributed by atoms with van der Waals surface area (Å²) < 4.78 is 37.2. The third-order valence-corrected chi connectivity index (χ3v) is 9.97. The molecule has 250 valence electrons. The van der Waals surface area contributed by atoms with E-state index in [1.165, 1.54) is 6.07 Å². The van der Waals surface area contributed by atoms with Crippen LogP contribution in [-0.2, 0) is 27.7 Å². The fourth-order valence-electron chi connectivity index (χ4n) is 7.47. The van der Waals surface area contributed by atoms with Crippen molar-refractivity contribution in [3.63, 3.8) is 0 Å². The predicted octanol–water partition coefficient (Wildman–Crippen LogP) is 6.16. The molecular formula is C36H44FN5O5. The van der Waals surface area contributed by atoms with Gasteiger partial charge in [0.1, 0.15) is 5.65 Å². The SMILES string of the molecule is Cc1nc2c(cc(-c3cnn(C4CCN(C5COC5)CC4)c3)n2C)c(-c2cc(F)c3c(c2C)CCCO3)c1C(OC(C)(C)C)C(=O)O. The molecule has 47 heavy (non-hydrogen) atoms. The predicted molar refractivity (Wildman–Crippen MR) is 176 cm³/mol. The van der Waals surface area contributed by atoms with Crippen LogP contribution in [0.3, 0.4) is 0 Å². The lowest BCUT2D eigenvalue weighted by molar-refractivity contribution is -0.160. The van der Waals surface area contributed by atoms with Gasteiger partial charge in [-0.05, 0) is 83.6 Å². The molecule has 0 bridgehead atoms. The number of benzene rings is 1. The number of carboxylic acids is 1. The first-order valence-corrected chi connectivity index (χ1v) is 16.6. The lowest BCUT2D eigenvalue weighted by Gasteiger charge is -2.41. The number of likely N-dealkylation sites (tertiary alicyclic amines) is 1. The number of aliphatic carboxylic acids is 1.